The molecule has 0 aliphatic heterocycles. The third-order valence-corrected chi connectivity index (χ3v) is 2.91. The van der Waals surface area contributed by atoms with Crippen molar-refractivity contribution < 1.29 is 19.1 Å². The zero-order chi connectivity index (χ0) is 14.3. The largest absolute Gasteiger partial charge is 0.467 e. The molecule has 0 unspecified atom stereocenters. The second-order valence-corrected chi connectivity index (χ2v) is 4.63. The van der Waals surface area contributed by atoms with E-state index in [-0.39, 0.29) is 12.5 Å². The van der Waals surface area contributed by atoms with Crippen molar-refractivity contribution >= 4 is 27.8 Å². The minimum Gasteiger partial charge on any atom is -0.467 e. The van der Waals surface area contributed by atoms with E-state index in [1.54, 1.807) is 31.2 Å². The van der Waals surface area contributed by atoms with Crippen LogP contribution in [0.2, 0.25) is 0 Å². The highest BCUT2D eigenvalue weighted by atomic mass is 79.9. The molecule has 1 amide bonds. The van der Waals surface area contributed by atoms with Crippen LogP contribution in [0.3, 0.4) is 0 Å². The van der Waals surface area contributed by atoms with Crippen LogP contribution < -0.4 is 5.32 Å². The summed E-state index contributed by atoms with van der Waals surface area (Å²) >= 11 is 3.31. The van der Waals surface area contributed by atoms with Crippen molar-refractivity contribution in [2.24, 2.45) is 0 Å². The number of halogens is 1. The first-order chi connectivity index (χ1) is 9.08. The Balaban J connectivity index is 2.80. The molecule has 1 aromatic rings. The predicted molar refractivity (Wildman–Crippen MR) is 73.5 cm³/mol. The van der Waals surface area contributed by atoms with Crippen LogP contribution >= 0.6 is 15.9 Å². The highest BCUT2D eigenvalue weighted by Gasteiger charge is 2.23. The monoisotopic (exact) mass is 329 g/mol. The van der Waals surface area contributed by atoms with Gasteiger partial charge in [0.15, 0.2) is 6.04 Å². The number of hydrogen-bond acceptors (Lipinski definition) is 4. The van der Waals surface area contributed by atoms with Crippen LogP contribution in [0.15, 0.2) is 28.7 Å². The van der Waals surface area contributed by atoms with Gasteiger partial charge in [-0.3, -0.25) is 4.79 Å². The van der Waals surface area contributed by atoms with Gasteiger partial charge in [-0.15, -0.1) is 0 Å². The molecule has 0 fully saturated rings. The van der Waals surface area contributed by atoms with Gasteiger partial charge in [0.2, 0.25) is 5.91 Å². The van der Waals surface area contributed by atoms with Crippen LogP contribution in [0.4, 0.5) is 0 Å². The van der Waals surface area contributed by atoms with E-state index < -0.39 is 12.0 Å². The minimum absolute atomic E-state index is 0.0828. The van der Waals surface area contributed by atoms with Gasteiger partial charge in [-0.2, -0.15) is 0 Å². The summed E-state index contributed by atoms with van der Waals surface area (Å²) in [5.74, 6) is -0.882. The van der Waals surface area contributed by atoms with E-state index in [2.05, 4.69) is 21.2 Å². The number of benzene rings is 1. The number of ether oxygens (including phenoxy) is 2. The number of hydrogen-bond donors (Lipinski definition) is 1. The summed E-state index contributed by atoms with van der Waals surface area (Å²) in [6.07, 6.45) is 0. The van der Waals surface area contributed by atoms with Crippen molar-refractivity contribution in [2.45, 2.75) is 13.0 Å². The Labute approximate surface area is 120 Å². The van der Waals surface area contributed by atoms with Gasteiger partial charge in [0.25, 0.3) is 0 Å². The SMILES string of the molecule is CCOCC(=O)N[C@H](C(=O)OC)c1ccc(Br)cc1. The van der Waals surface area contributed by atoms with Crippen molar-refractivity contribution in [3.05, 3.63) is 34.3 Å². The summed E-state index contributed by atoms with van der Waals surface area (Å²) in [6, 6.07) is 6.24. The fourth-order valence-electron chi connectivity index (χ4n) is 1.45. The summed E-state index contributed by atoms with van der Waals surface area (Å²) in [5, 5.41) is 2.58. The molecule has 0 radical (unpaired) electrons. The Hall–Kier alpha value is -1.40. The van der Waals surface area contributed by atoms with Crippen molar-refractivity contribution in [1.29, 1.82) is 0 Å². The Morgan fingerprint density at radius 2 is 1.95 bits per heavy atom. The van der Waals surface area contributed by atoms with Gasteiger partial charge in [0.05, 0.1) is 7.11 Å². The third-order valence-electron chi connectivity index (χ3n) is 2.38. The molecule has 1 aromatic carbocycles. The summed E-state index contributed by atoms with van der Waals surface area (Å²) in [6.45, 7) is 2.15. The Morgan fingerprint density at radius 3 is 2.47 bits per heavy atom. The molecule has 0 bridgehead atoms. The molecule has 1 rings (SSSR count). The molecule has 0 heterocycles. The molecular weight excluding hydrogens is 314 g/mol. The van der Waals surface area contributed by atoms with Crippen molar-refractivity contribution in [2.75, 3.05) is 20.3 Å². The maximum Gasteiger partial charge on any atom is 0.333 e. The van der Waals surface area contributed by atoms with E-state index in [0.717, 1.165) is 4.47 Å². The first-order valence-corrected chi connectivity index (χ1v) is 6.58. The summed E-state index contributed by atoms with van der Waals surface area (Å²) in [5.41, 5.74) is 0.653. The first-order valence-electron chi connectivity index (χ1n) is 5.79. The summed E-state index contributed by atoms with van der Waals surface area (Å²) < 4.78 is 10.6. The van der Waals surface area contributed by atoms with Gasteiger partial charge >= 0.3 is 5.97 Å². The van der Waals surface area contributed by atoms with Gasteiger partial charge in [0.1, 0.15) is 6.61 Å². The molecular formula is C13H16BrNO4. The number of amides is 1. The number of carbonyl (C=O) groups excluding carboxylic acids is 2. The standard InChI is InChI=1S/C13H16BrNO4/c1-3-19-8-11(16)15-12(13(17)18-2)9-4-6-10(14)7-5-9/h4-7,12H,3,8H2,1-2H3,(H,15,16)/t12-/m0/s1. The lowest BCUT2D eigenvalue weighted by atomic mass is 10.1. The average molecular weight is 330 g/mol. The normalized spacial score (nSPS) is 11.7. The van der Waals surface area contributed by atoms with Crippen LogP contribution in [-0.4, -0.2) is 32.2 Å². The van der Waals surface area contributed by atoms with Gasteiger partial charge in [0, 0.05) is 11.1 Å². The maximum atomic E-state index is 11.7. The van der Waals surface area contributed by atoms with Gasteiger partial charge in [-0.25, -0.2) is 4.79 Å². The van der Waals surface area contributed by atoms with Crippen LogP contribution in [0.1, 0.15) is 18.5 Å². The zero-order valence-electron chi connectivity index (χ0n) is 10.8. The molecule has 1 N–H and O–H groups in total. The second-order valence-electron chi connectivity index (χ2n) is 3.71. The van der Waals surface area contributed by atoms with Gasteiger partial charge in [-0.1, -0.05) is 28.1 Å². The van der Waals surface area contributed by atoms with Gasteiger partial charge < -0.3 is 14.8 Å². The molecule has 19 heavy (non-hydrogen) atoms. The minimum atomic E-state index is -0.828. The van der Waals surface area contributed by atoms with E-state index in [9.17, 15) is 9.59 Å². The van der Waals surface area contributed by atoms with Crippen molar-refractivity contribution in [1.82, 2.24) is 5.32 Å². The maximum absolute atomic E-state index is 11.7. The highest BCUT2D eigenvalue weighted by molar-refractivity contribution is 9.10. The highest BCUT2D eigenvalue weighted by Crippen LogP contribution is 2.18. The molecule has 104 valence electrons. The quantitative estimate of drug-likeness (QED) is 0.808. The molecule has 0 aliphatic rings. The molecule has 1 atom stereocenters. The lowest BCUT2D eigenvalue weighted by Gasteiger charge is -2.17. The molecule has 5 nitrogen and oxygen atoms in total. The van der Waals surface area contributed by atoms with Crippen molar-refractivity contribution in [3.63, 3.8) is 0 Å². The molecule has 0 saturated heterocycles. The van der Waals surface area contributed by atoms with Crippen molar-refractivity contribution in [3.8, 4) is 0 Å². The van der Waals surface area contributed by atoms with E-state index in [4.69, 9.17) is 9.47 Å². The zero-order valence-corrected chi connectivity index (χ0v) is 12.4. The van der Waals surface area contributed by atoms with Gasteiger partial charge in [-0.05, 0) is 24.6 Å². The predicted octanol–water partition coefficient (Wildman–Crippen LogP) is 1.82. The number of esters is 1. The number of nitrogens with one attached hydrogen (secondary N) is 1. The summed E-state index contributed by atoms with van der Waals surface area (Å²) in [4.78, 5) is 23.3. The Bertz CT molecular complexity index is 433. The van der Waals surface area contributed by atoms with E-state index in [1.165, 1.54) is 7.11 Å². The van der Waals surface area contributed by atoms with Crippen LogP contribution in [0.5, 0.6) is 0 Å². The number of methoxy groups -OCH3 is 1. The van der Waals surface area contributed by atoms with Crippen LogP contribution in [0.25, 0.3) is 0 Å². The number of rotatable bonds is 6. The molecule has 0 spiro atoms. The average Bonchev–Trinajstić information content (AvgIpc) is 2.42. The van der Waals surface area contributed by atoms with Crippen LogP contribution in [0, 0.1) is 0 Å². The lowest BCUT2D eigenvalue weighted by Crippen LogP contribution is -2.36. The molecule has 0 aliphatic carbocycles. The van der Waals surface area contributed by atoms with E-state index >= 15 is 0 Å². The lowest BCUT2D eigenvalue weighted by molar-refractivity contribution is -0.145. The van der Waals surface area contributed by atoms with Crippen LogP contribution in [-0.2, 0) is 19.1 Å². The first kappa shape index (κ1) is 15.7. The Morgan fingerprint density at radius 1 is 1.32 bits per heavy atom. The second kappa shape index (κ2) is 7.91. The number of carbonyl (C=O) groups is 2. The van der Waals surface area contributed by atoms with E-state index in [0.29, 0.717) is 12.2 Å². The molecule has 0 saturated carbocycles. The molecule has 6 heteroatoms. The fourth-order valence-corrected chi connectivity index (χ4v) is 1.71. The smallest absolute Gasteiger partial charge is 0.333 e. The Kier molecular flexibility index (Phi) is 6.52. The third kappa shape index (κ3) is 5.00. The fraction of sp³-hybridized carbons (Fsp3) is 0.385. The topological polar surface area (TPSA) is 64.6 Å². The van der Waals surface area contributed by atoms with E-state index in [1.807, 2.05) is 0 Å². The molecule has 0 aromatic heterocycles. The summed E-state index contributed by atoms with van der Waals surface area (Å²) in [7, 11) is 1.28.